The number of aryl methyl sites for hydroxylation is 1. The lowest BCUT2D eigenvalue weighted by Gasteiger charge is -2.11. The summed E-state index contributed by atoms with van der Waals surface area (Å²) < 4.78 is 1.60. The molecule has 4 N–H and O–H groups in total. The van der Waals surface area contributed by atoms with Gasteiger partial charge in [0.05, 0.1) is 11.3 Å². The van der Waals surface area contributed by atoms with Crippen LogP contribution >= 0.6 is 0 Å². The van der Waals surface area contributed by atoms with Crippen molar-refractivity contribution in [2.75, 3.05) is 18.4 Å². The van der Waals surface area contributed by atoms with E-state index in [1.165, 1.54) is 6.20 Å². The zero-order chi connectivity index (χ0) is 15.2. The van der Waals surface area contributed by atoms with E-state index in [0.717, 1.165) is 0 Å². The van der Waals surface area contributed by atoms with E-state index in [0.29, 0.717) is 24.3 Å². The summed E-state index contributed by atoms with van der Waals surface area (Å²) in [6.45, 7) is 0.730. The Labute approximate surface area is 122 Å². The number of carbonyl (C=O) groups excluding carboxylic acids is 2. The van der Waals surface area contributed by atoms with Crippen molar-refractivity contribution < 1.29 is 9.59 Å². The molecule has 21 heavy (non-hydrogen) atoms. The average molecular weight is 287 g/mol. The van der Waals surface area contributed by atoms with Crippen molar-refractivity contribution >= 4 is 17.5 Å². The lowest BCUT2D eigenvalue weighted by molar-refractivity contribution is 0.0955. The van der Waals surface area contributed by atoms with Crippen molar-refractivity contribution in [3.05, 3.63) is 48.0 Å². The van der Waals surface area contributed by atoms with Gasteiger partial charge in [0, 0.05) is 32.5 Å². The van der Waals surface area contributed by atoms with Crippen molar-refractivity contribution in [1.29, 1.82) is 0 Å². The van der Waals surface area contributed by atoms with E-state index in [9.17, 15) is 9.59 Å². The number of anilines is 1. The highest BCUT2D eigenvalue weighted by molar-refractivity contribution is 6.07. The predicted octanol–water partition coefficient (Wildman–Crippen LogP) is 0.361. The number of hydrogen-bond donors (Lipinski definition) is 3. The highest BCUT2D eigenvalue weighted by Crippen LogP contribution is 2.15. The highest BCUT2D eigenvalue weighted by atomic mass is 16.2. The van der Waals surface area contributed by atoms with Gasteiger partial charge in [-0.05, 0) is 12.1 Å². The fourth-order valence-electron chi connectivity index (χ4n) is 1.83. The highest BCUT2D eigenvalue weighted by Gasteiger charge is 2.15. The molecule has 0 radical (unpaired) electrons. The van der Waals surface area contributed by atoms with Gasteiger partial charge in [-0.3, -0.25) is 9.59 Å². The summed E-state index contributed by atoms with van der Waals surface area (Å²) in [7, 11) is 1.72. The number of benzene rings is 1. The van der Waals surface area contributed by atoms with Crippen LogP contribution in [0.3, 0.4) is 0 Å². The molecule has 1 aromatic carbocycles. The quantitative estimate of drug-likeness (QED) is 0.739. The van der Waals surface area contributed by atoms with E-state index in [-0.39, 0.29) is 17.6 Å². The zero-order valence-corrected chi connectivity index (χ0v) is 11.7. The lowest BCUT2D eigenvalue weighted by atomic mass is 10.1. The summed E-state index contributed by atoms with van der Waals surface area (Å²) in [5.74, 6) is -0.384. The van der Waals surface area contributed by atoms with E-state index in [4.69, 9.17) is 5.73 Å². The molecule has 0 bridgehead atoms. The summed E-state index contributed by atoms with van der Waals surface area (Å²) in [6.07, 6.45) is 3.21. The van der Waals surface area contributed by atoms with Gasteiger partial charge in [-0.1, -0.05) is 12.1 Å². The monoisotopic (exact) mass is 287 g/mol. The first-order valence-corrected chi connectivity index (χ1v) is 6.49. The normalized spacial score (nSPS) is 10.2. The number of rotatable bonds is 5. The van der Waals surface area contributed by atoms with E-state index in [1.807, 2.05) is 0 Å². The SMILES string of the molecule is Cn1ccnc1C(=O)Nc1ccccc1C(=O)NCCN. The molecule has 1 heterocycles. The first-order chi connectivity index (χ1) is 10.1. The molecule has 0 aliphatic rings. The minimum Gasteiger partial charge on any atom is -0.351 e. The minimum atomic E-state index is -0.374. The van der Waals surface area contributed by atoms with Gasteiger partial charge in [0.15, 0.2) is 5.82 Å². The fraction of sp³-hybridized carbons (Fsp3) is 0.214. The summed E-state index contributed by atoms with van der Waals surface area (Å²) in [6, 6.07) is 6.78. The number of nitrogens with one attached hydrogen (secondary N) is 2. The Hall–Kier alpha value is -2.67. The van der Waals surface area contributed by atoms with Gasteiger partial charge in [0.1, 0.15) is 0 Å². The number of hydrogen-bond acceptors (Lipinski definition) is 4. The van der Waals surface area contributed by atoms with Crippen LogP contribution in [-0.4, -0.2) is 34.5 Å². The molecule has 0 saturated heterocycles. The molecule has 2 rings (SSSR count). The second-order valence-electron chi connectivity index (χ2n) is 4.41. The molecule has 7 nitrogen and oxygen atoms in total. The lowest BCUT2D eigenvalue weighted by Crippen LogP contribution is -2.30. The van der Waals surface area contributed by atoms with Gasteiger partial charge < -0.3 is 20.9 Å². The maximum atomic E-state index is 12.1. The Bertz CT molecular complexity index is 650. The zero-order valence-electron chi connectivity index (χ0n) is 11.7. The van der Waals surface area contributed by atoms with Gasteiger partial charge in [-0.25, -0.2) is 4.98 Å². The number of imidazole rings is 1. The topological polar surface area (TPSA) is 102 Å². The number of amides is 2. The molecule has 0 unspecified atom stereocenters. The maximum Gasteiger partial charge on any atom is 0.291 e. The second-order valence-corrected chi connectivity index (χ2v) is 4.41. The van der Waals surface area contributed by atoms with Gasteiger partial charge in [-0.2, -0.15) is 0 Å². The number of nitrogens with zero attached hydrogens (tertiary/aromatic N) is 2. The molecule has 0 saturated carbocycles. The Kier molecular flexibility index (Phi) is 4.68. The number of para-hydroxylation sites is 1. The minimum absolute atomic E-state index is 0.271. The average Bonchev–Trinajstić information content (AvgIpc) is 2.91. The molecule has 0 fully saturated rings. The van der Waals surface area contributed by atoms with Crippen LogP contribution in [0.15, 0.2) is 36.7 Å². The van der Waals surface area contributed by atoms with Crippen LogP contribution in [0, 0.1) is 0 Å². The second kappa shape index (κ2) is 6.67. The predicted molar refractivity (Wildman–Crippen MR) is 79.0 cm³/mol. The molecule has 1 aromatic heterocycles. The van der Waals surface area contributed by atoms with Crippen LogP contribution in [-0.2, 0) is 7.05 Å². The van der Waals surface area contributed by atoms with Gasteiger partial charge in [-0.15, -0.1) is 0 Å². The van der Waals surface area contributed by atoms with Crippen molar-refractivity contribution in [3.63, 3.8) is 0 Å². The summed E-state index contributed by atoms with van der Waals surface area (Å²) in [5, 5.41) is 5.37. The standard InChI is InChI=1S/C14H17N5O2/c1-19-9-8-16-12(19)14(21)18-11-5-3-2-4-10(11)13(20)17-7-6-15/h2-5,8-9H,6-7,15H2,1H3,(H,17,20)(H,18,21). The smallest absolute Gasteiger partial charge is 0.291 e. The van der Waals surface area contributed by atoms with Crippen molar-refractivity contribution in [2.45, 2.75) is 0 Å². The van der Waals surface area contributed by atoms with E-state index >= 15 is 0 Å². The molecule has 0 aliphatic heterocycles. The van der Waals surface area contributed by atoms with E-state index in [2.05, 4.69) is 15.6 Å². The molecule has 0 atom stereocenters. The summed E-state index contributed by atoms with van der Waals surface area (Å²) >= 11 is 0. The molecule has 0 aliphatic carbocycles. The van der Waals surface area contributed by atoms with Crippen molar-refractivity contribution in [2.24, 2.45) is 12.8 Å². The van der Waals surface area contributed by atoms with Crippen LogP contribution < -0.4 is 16.4 Å². The Morgan fingerprint density at radius 3 is 2.71 bits per heavy atom. The van der Waals surface area contributed by atoms with Crippen molar-refractivity contribution in [1.82, 2.24) is 14.9 Å². The largest absolute Gasteiger partial charge is 0.351 e. The van der Waals surface area contributed by atoms with Gasteiger partial charge in [0.2, 0.25) is 0 Å². The number of aromatic nitrogens is 2. The molecule has 2 aromatic rings. The fourth-order valence-corrected chi connectivity index (χ4v) is 1.83. The Morgan fingerprint density at radius 1 is 1.29 bits per heavy atom. The molecule has 7 heteroatoms. The summed E-state index contributed by atoms with van der Waals surface area (Å²) in [5.41, 5.74) is 6.17. The van der Waals surface area contributed by atoms with Crippen LogP contribution in [0.4, 0.5) is 5.69 Å². The van der Waals surface area contributed by atoms with Gasteiger partial charge in [0.25, 0.3) is 11.8 Å². The van der Waals surface area contributed by atoms with Crippen molar-refractivity contribution in [3.8, 4) is 0 Å². The third-order valence-corrected chi connectivity index (χ3v) is 2.87. The van der Waals surface area contributed by atoms with Crippen LogP contribution in [0.2, 0.25) is 0 Å². The molecule has 2 amide bonds. The maximum absolute atomic E-state index is 12.1. The molecule has 0 spiro atoms. The number of nitrogens with two attached hydrogens (primary N) is 1. The first-order valence-electron chi connectivity index (χ1n) is 6.49. The molecule has 110 valence electrons. The van der Waals surface area contributed by atoms with Crippen LogP contribution in [0.1, 0.15) is 21.0 Å². The van der Waals surface area contributed by atoms with Gasteiger partial charge >= 0.3 is 0 Å². The third-order valence-electron chi connectivity index (χ3n) is 2.87. The number of carbonyl (C=O) groups is 2. The molecular weight excluding hydrogens is 270 g/mol. The van der Waals surface area contributed by atoms with Crippen LogP contribution in [0.25, 0.3) is 0 Å². The van der Waals surface area contributed by atoms with E-state index in [1.54, 1.807) is 42.1 Å². The third kappa shape index (κ3) is 3.46. The molecular formula is C14H17N5O2. The summed E-state index contributed by atoms with van der Waals surface area (Å²) in [4.78, 5) is 28.1. The van der Waals surface area contributed by atoms with Crippen LogP contribution in [0.5, 0.6) is 0 Å². The first kappa shape index (κ1) is 14.7. The Balaban J connectivity index is 2.19. The van der Waals surface area contributed by atoms with E-state index < -0.39 is 0 Å². The Morgan fingerprint density at radius 2 is 2.05 bits per heavy atom.